The Morgan fingerprint density at radius 3 is 2.39 bits per heavy atom. The molecule has 0 saturated carbocycles. The normalized spacial score (nSPS) is 22.4. The molecule has 0 radical (unpaired) electrons. The standard InChI is InChI=1S/C23H24N2O2S/c1-18-9-11-21(12-10-18)28(26,27)25-16-22(19(2)15-24)23(3,17-25)14-13-20-7-5-4-6-8-20/h4-14H,16-17H2,1-3H3/b14-13+,22-19+. The molecule has 1 fully saturated rings. The van der Waals surface area contributed by atoms with Crippen molar-refractivity contribution < 1.29 is 8.42 Å². The number of hydrogen-bond donors (Lipinski definition) is 0. The Morgan fingerprint density at radius 1 is 1.14 bits per heavy atom. The summed E-state index contributed by atoms with van der Waals surface area (Å²) in [6.45, 7) is 6.21. The van der Waals surface area contributed by atoms with E-state index in [1.165, 1.54) is 4.31 Å². The van der Waals surface area contributed by atoms with Gasteiger partial charge in [0, 0.05) is 24.1 Å². The van der Waals surface area contributed by atoms with Gasteiger partial charge in [0.1, 0.15) is 0 Å². The molecule has 1 atom stereocenters. The molecule has 3 rings (SSSR count). The van der Waals surface area contributed by atoms with Crippen molar-refractivity contribution in [1.82, 2.24) is 4.31 Å². The van der Waals surface area contributed by atoms with Crippen LogP contribution in [0.3, 0.4) is 0 Å². The minimum atomic E-state index is -3.63. The summed E-state index contributed by atoms with van der Waals surface area (Å²) in [5.74, 6) is 0. The summed E-state index contributed by atoms with van der Waals surface area (Å²) in [5.41, 5.74) is 2.93. The molecule has 1 aliphatic heterocycles. The summed E-state index contributed by atoms with van der Waals surface area (Å²) in [7, 11) is -3.63. The van der Waals surface area contributed by atoms with Gasteiger partial charge in [-0.05, 0) is 37.1 Å². The maximum atomic E-state index is 13.2. The van der Waals surface area contributed by atoms with Crippen LogP contribution in [-0.2, 0) is 10.0 Å². The zero-order valence-corrected chi connectivity index (χ0v) is 17.2. The fraction of sp³-hybridized carbons (Fsp3) is 0.261. The molecule has 0 N–H and O–H groups in total. The van der Waals surface area contributed by atoms with E-state index in [9.17, 15) is 13.7 Å². The van der Waals surface area contributed by atoms with E-state index >= 15 is 0 Å². The molecular formula is C23H24N2O2S. The average molecular weight is 393 g/mol. The molecule has 4 nitrogen and oxygen atoms in total. The number of nitrogens with zero attached hydrogens (tertiary/aromatic N) is 2. The van der Waals surface area contributed by atoms with E-state index in [1.807, 2.05) is 56.3 Å². The summed E-state index contributed by atoms with van der Waals surface area (Å²) in [6.07, 6.45) is 4.01. The van der Waals surface area contributed by atoms with Gasteiger partial charge in [-0.1, -0.05) is 67.1 Å². The number of hydrogen-bond acceptors (Lipinski definition) is 3. The molecule has 144 valence electrons. The van der Waals surface area contributed by atoms with Crippen molar-refractivity contribution in [2.45, 2.75) is 25.7 Å². The van der Waals surface area contributed by atoms with E-state index in [0.29, 0.717) is 12.1 Å². The molecule has 5 heteroatoms. The Hall–Kier alpha value is -2.68. The summed E-state index contributed by atoms with van der Waals surface area (Å²) in [5, 5.41) is 9.45. The first-order valence-electron chi connectivity index (χ1n) is 9.18. The predicted octanol–water partition coefficient (Wildman–Crippen LogP) is 4.56. The van der Waals surface area contributed by atoms with Crippen LogP contribution in [0.1, 0.15) is 25.0 Å². The van der Waals surface area contributed by atoms with E-state index in [-0.39, 0.29) is 11.4 Å². The Balaban J connectivity index is 1.99. The number of aryl methyl sites for hydroxylation is 1. The highest BCUT2D eigenvalue weighted by atomic mass is 32.2. The van der Waals surface area contributed by atoms with Crippen LogP contribution in [0.15, 0.2) is 76.7 Å². The van der Waals surface area contributed by atoms with Crippen LogP contribution in [0.4, 0.5) is 0 Å². The second-order valence-electron chi connectivity index (χ2n) is 7.46. The van der Waals surface area contributed by atoms with Gasteiger partial charge in [0.05, 0.1) is 11.0 Å². The first-order valence-corrected chi connectivity index (χ1v) is 10.6. The van der Waals surface area contributed by atoms with Crippen LogP contribution in [0.2, 0.25) is 0 Å². The zero-order chi connectivity index (χ0) is 20.4. The fourth-order valence-corrected chi connectivity index (χ4v) is 5.03. The first kappa shape index (κ1) is 20.1. The lowest BCUT2D eigenvalue weighted by atomic mass is 9.82. The zero-order valence-electron chi connectivity index (χ0n) is 16.4. The van der Waals surface area contributed by atoms with Gasteiger partial charge in [0.15, 0.2) is 0 Å². The van der Waals surface area contributed by atoms with Gasteiger partial charge < -0.3 is 0 Å². The lowest BCUT2D eigenvalue weighted by Crippen LogP contribution is -2.30. The smallest absolute Gasteiger partial charge is 0.207 e. The van der Waals surface area contributed by atoms with E-state index in [1.54, 1.807) is 31.2 Å². The third-order valence-electron chi connectivity index (χ3n) is 5.25. The third-order valence-corrected chi connectivity index (χ3v) is 7.06. The van der Waals surface area contributed by atoms with E-state index in [2.05, 4.69) is 6.07 Å². The van der Waals surface area contributed by atoms with E-state index in [4.69, 9.17) is 0 Å². The summed E-state index contributed by atoms with van der Waals surface area (Å²) in [6, 6.07) is 19.0. The molecule has 1 saturated heterocycles. The van der Waals surface area contributed by atoms with Crippen molar-refractivity contribution in [3.63, 3.8) is 0 Å². The molecule has 0 bridgehead atoms. The summed E-state index contributed by atoms with van der Waals surface area (Å²) >= 11 is 0. The topological polar surface area (TPSA) is 61.2 Å². The molecule has 28 heavy (non-hydrogen) atoms. The predicted molar refractivity (Wildman–Crippen MR) is 112 cm³/mol. The minimum Gasteiger partial charge on any atom is -0.207 e. The van der Waals surface area contributed by atoms with Gasteiger partial charge in [0.2, 0.25) is 10.0 Å². The minimum absolute atomic E-state index is 0.227. The molecule has 0 aliphatic carbocycles. The van der Waals surface area contributed by atoms with E-state index < -0.39 is 15.4 Å². The highest BCUT2D eigenvalue weighted by Crippen LogP contribution is 2.41. The van der Waals surface area contributed by atoms with Crippen LogP contribution in [0.5, 0.6) is 0 Å². The van der Waals surface area contributed by atoms with Crippen LogP contribution >= 0.6 is 0 Å². The van der Waals surface area contributed by atoms with Crippen molar-refractivity contribution in [3.8, 4) is 6.07 Å². The highest BCUT2D eigenvalue weighted by molar-refractivity contribution is 7.89. The van der Waals surface area contributed by atoms with Gasteiger partial charge in [-0.3, -0.25) is 0 Å². The lowest BCUT2D eigenvalue weighted by Gasteiger charge is -2.22. The maximum absolute atomic E-state index is 13.2. The molecule has 1 aliphatic rings. The largest absolute Gasteiger partial charge is 0.243 e. The number of rotatable bonds is 4. The van der Waals surface area contributed by atoms with Crippen molar-refractivity contribution in [3.05, 3.63) is 82.9 Å². The Morgan fingerprint density at radius 2 is 1.79 bits per heavy atom. The highest BCUT2D eigenvalue weighted by Gasteiger charge is 2.43. The van der Waals surface area contributed by atoms with Crippen LogP contribution in [-0.4, -0.2) is 25.8 Å². The Bertz CT molecular complexity index is 1060. The summed E-state index contributed by atoms with van der Waals surface area (Å²) in [4.78, 5) is 0.281. The van der Waals surface area contributed by atoms with Gasteiger partial charge in [-0.2, -0.15) is 9.57 Å². The number of nitriles is 1. The molecule has 1 heterocycles. The van der Waals surface area contributed by atoms with Crippen LogP contribution in [0, 0.1) is 23.7 Å². The van der Waals surface area contributed by atoms with Crippen molar-refractivity contribution in [2.24, 2.45) is 5.41 Å². The fourth-order valence-electron chi connectivity index (χ4n) is 3.52. The Labute approximate surface area is 167 Å². The molecule has 2 aromatic carbocycles. The van der Waals surface area contributed by atoms with Crippen LogP contribution < -0.4 is 0 Å². The third kappa shape index (κ3) is 3.94. The van der Waals surface area contributed by atoms with Gasteiger partial charge in [-0.25, -0.2) is 8.42 Å². The second-order valence-corrected chi connectivity index (χ2v) is 9.40. The SMILES string of the molecule is C/C(C#N)=C1/CN(S(=O)(=O)c2ccc(C)cc2)CC1(C)/C=C/c1ccccc1. The van der Waals surface area contributed by atoms with Crippen molar-refractivity contribution in [2.75, 3.05) is 13.1 Å². The first-order chi connectivity index (χ1) is 13.3. The number of sulfonamides is 1. The van der Waals surface area contributed by atoms with Gasteiger partial charge in [-0.15, -0.1) is 0 Å². The molecule has 0 spiro atoms. The molecule has 2 aromatic rings. The maximum Gasteiger partial charge on any atom is 0.243 e. The molecular weight excluding hydrogens is 368 g/mol. The van der Waals surface area contributed by atoms with Crippen LogP contribution in [0.25, 0.3) is 6.08 Å². The van der Waals surface area contributed by atoms with E-state index in [0.717, 1.165) is 16.7 Å². The average Bonchev–Trinajstić information content (AvgIpc) is 3.06. The van der Waals surface area contributed by atoms with Gasteiger partial charge >= 0.3 is 0 Å². The molecule has 1 unspecified atom stereocenters. The lowest BCUT2D eigenvalue weighted by molar-refractivity contribution is 0.429. The Kier molecular flexibility index (Phi) is 5.55. The monoisotopic (exact) mass is 392 g/mol. The van der Waals surface area contributed by atoms with Gasteiger partial charge in [0.25, 0.3) is 0 Å². The number of allylic oxidation sites excluding steroid dienone is 1. The quantitative estimate of drug-likeness (QED) is 0.717. The number of benzene rings is 2. The molecule has 0 amide bonds. The summed E-state index contributed by atoms with van der Waals surface area (Å²) < 4.78 is 27.8. The van der Waals surface area contributed by atoms with Crippen molar-refractivity contribution >= 4 is 16.1 Å². The van der Waals surface area contributed by atoms with Crippen molar-refractivity contribution in [1.29, 1.82) is 5.26 Å². The molecule has 0 aromatic heterocycles. The second kappa shape index (κ2) is 7.75.